The lowest BCUT2D eigenvalue weighted by molar-refractivity contribution is -0.139. The van der Waals surface area contributed by atoms with Crippen LogP contribution in [0.1, 0.15) is 42.4 Å². The molecule has 6 heteroatoms. The Kier molecular flexibility index (Phi) is 10.1. The average Bonchev–Trinajstić information content (AvgIpc) is 3.41. The van der Waals surface area contributed by atoms with Crippen LogP contribution in [0.4, 0.5) is 0 Å². The topological polar surface area (TPSA) is 49.4 Å². The smallest absolute Gasteiger partial charge is 0.243 e. The number of carbonyl (C=O) groups excluding carboxylic acids is 2. The zero-order valence-corrected chi connectivity index (χ0v) is 22.8. The number of thioether (sulfide) groups is 1. The van der Waals surface area contributed by atoms with Gasteiger partial charge < -0.3 is 10.2 Å². The molecule has 36 heavy (non-hydrogen) atoms. The largest absolute Gasteiger partial charge is 0.352 e. The fraction of sp³-hybridized carbons (Fsp3) is 0.333. The van der Waals surface area contributed by atoms with Crippen molar-refractivity contribution in [2.75, 3.05) is 5.75 Å². The lowest BCUT2D eigenvalue weighted by Gasteiger charge is -2.32. The van der Waals surface area contributed by atoms with Crippen LogP contribution in [-0.2, 0) is 28.3 Å². The SMILES string of the molecule is O=C(NC1CCCC1)C(Cc1ccccc1)N(Cc1ccc(Br)cc1)C(=O)CSCc1ccccc1. The molecule has 1 saturated carbocycles. The number of hydrogen-bond acceptors (Lipinski definition) is 3. The number of carbonyl (C=O) groups is 2. The Balaban J connectivity index is 1.56. The van der Waals surface area contributed by atoms with Crippen LogP contribution < -0.4 is 5.32 Å². The average molecular weight is 566 g/mol. The maximum Gasteiger partial charge on any atom is 0.243 e. The molecule has 1 aliphatic rings. The number of benzene rings is 3. The third kappa shape index (κ3) is 7.97. The molecule has 0 radical (unpaired) electrons. The summed E-state index contributed by atoms with van der Waals surface area (Å²) in [5, 5.41) is 3.26. The molecular weight excluding hydrogens is 532 g/mol. The molecule has 2 amide bonds. The summed E-state index contributed by atoms with van der Waals surface area (Å²) in [6.07, 6.45) is 4.80. The van der Waals surface area contributed by atoms with Gasteiger partial charge in [-0.15, -0.1) is 11.8 Å². The molecule has 0 spiro atoms. The summed E-state index contributed by atoms with van der Waals surface area (Å²) in [7, 11) is 0. The van der Waals surface area contributed by atoms with Gasteiger partial charge in [0, 0.05) is 29.2 Å². The van der Waals surface area contributed by atoms with Gasteiger partial charge in [0.15, 0.2) is 0 Å². The van der Waals surface area contributed by atoms with E-state index in [0.717, 1.165) is 47.0 Å². The standard InChI is InChI=1S/C30H33BrN2O2S/c31-26-17-15-24(16-18-26)20-33(29(34)22-36-21-25-11-5-2-6-12-25)28(19-23-9-3-1-4-10-23)30(35)32-27-13-7-8-14-27/h1-6,9-12,15-18,27-28H,7-8,13-14,19-22H2,(H,32,35). The molecule has 1 atom stereocenters. The summed E-state index contributed by atoms with van der Waals surface area (Å²) in [4.78, 5) is 29.2. The number of halogens is 1. The minimum absolute atomic E-state index is 0.0126. The van der Waals surface area contributed by atoms with Gasteiger partial charge in [0.25, 0.3) is 0 Å². The van der Waals surface area contributed by atoms with E-state index < -0.39 is 6.04 Å². The summed E-state index contributed by atoms with van der Waals surface area (Å²) in [6.45, 7) is 0.396. The van der Waals surface area contributed by atoms with Gasteiger partial charge in [0.05, 0.1) is 5.75 Å². The van der Waals surface area contributed by atoms with Crippen molar-refractivity contribution in [1.82, 2.24) is 10.2 Å². The molecular formula is C30H33BrN2O2S. The molecule has 4 nitrogen and oxygen atoms in total. The number of nitrogens with zero attached hydrogens (tertiary/aromatic N) is 1. The second-order valence-corrected chi connectivity index (χ2v) is 11.2. The van der Waals surface area contributed by atoms with Crippen molar-refractivity contribution in [1.29, 1.82) is 0 Å². The lowest BCUT2D eigenvalue weighted by atomic mass is 10.0. The van der Waals surface area contributed by atoms with Gasteiger partial charge in [-0.2, -0.15) is 0 Å². The second kappa shape index (κ2) is 13.7. The number of nitrogens with one attached hydrogen (secondary N) is 1. The van der Waals surface area contributed by atoms with E-state index in [0.29, 0.717) is 18.7 Å². The molecule has 188 valence electrons. The van der Waals surface area contributed by atoms with Crippen molar-refractivity contribution < 1.29 is 9.59 Å². The van der Waals surface area contributed by atoms with E-state index in [9.17, 15) is 9.59 Å². The fourth-order valence-corrected chi connectivity index (χ4v) is 5.76. The van der Waals surface area contributed by atoms with Crippen LogP contribution in [0.25, 0.3) is 0 Å². The van der Waals surface area contributed by atoms with E-state index >= 15 is 0 Å². The fourth-order valence-electron chi connectivity index (χ4n) is 4.62. The molecule has 0 bridgehead atoms. The summed E-state index contributed by atoms with van der Waals surface area (Å²) in [6, 6.07) is 27.8. The number of rotatable bonds is 11. The Morgan fingerprint density at radius 3 is 2.11 bits per heavy atom. The summed E-state index contributed by atoms with van der Waals surface area (Å²) in [5.41, 5.74) is 3.25. The van der Waals surface area contributed by atoms with Gasteiger partial charge in [-0.05, 0) is 41.7 Å². The predicted octanol–water partition coefficient (Wildman–Crippen LogP) is 6.38. The highest BCUT2D eigenvalue weighted by molar-refractivity contribution is 9.10. The van der Waals surface area contributed by atoms with Crippen molar-refractivity contribution >= 4 is 39.5 Å². The Labute approximate surface area is 227 Å². The Morgan fingerprint density at radius 2 is 1.47 bits per heavy atom. The van der Waals surface area contributed by atoms with Crippen molar-refractivity contribution in [2.45, 2.75) is 56.5 Å². The predicted molar refractivity (Wildman–Crippen MR) is 152 cm³/mol. The van der Waals surface area contributed by atoms with Gasteiger partial charge in [0.2, 0.25) is 11.8 Å². The van der Waals surface area contributed by atoms with E-state index in [1.54, 1.807) is 16.7 Å². The third-order valence-corrected chi connectivity index (χ3v) is 8.09. The van der Waals surface area contributed by atoms with Crippen LogP contribution in [0, 0.1) is 0 Å². The zero-order valence-electron chi connectivity index (χ0n) is 20.4. The Morgan fingerprint density at radius 1 is 0.861 bits per heavy atom. The van der Waals surface area contributed by atoms with E-state index in [1.807, 2.05) is 72.8 Å². The van der Waals surface area contributed by atoms with Crippen molar-refractivity contribution in [2.24, 2.45) is 0 Å². The lowest BCUT2D eigenvalue weighted by Crippen LogP contribution is -2.52. The molecule has 1 unspecified atom stereocenters. The highest BCUT2D eigenvalue weighted by atomic mass is 79.9. The molecule has 3 aromatic rings. The molecule has 0 aromatic heterocycles. The first kappa shape index (κ1) is 26.5. The van der Waals surface area contributed by atoms with Gasteiger partial charge in [-0.25, -0.2) is 0 Å². The summed E-state index contributed by atoms with van der Waals surface area (Å²) >= 11 is 5.09. The van der Waals surface area contributed by atoms with Crippen LogP contribution in [-0.4, -0.2) is 34.6 Å². The normalized spacial score (nSPS) is 14.4. The first-order valence-corrected chi connectivity index (χ1v) is 14.5. The van der Waals surface area contributed by atoms with Gasteiger partial charge in [-0.1, -0.05) is 102 Å². The van der Waals surface area contributed by atoms with Gasteiger partial charge in [0.1, 0.15) is 6.04 Å². The van der Waals surface area contributed by atoms with E-state index in [1.165, 1.54) is 5.56 Å². The first-order valence-electron chi connectivity index (χ1n) is 12.6. The molecule has 0 aliphatic heterocycles. The van der Waals surface area contributed by atoms with Crippen LogP contribution in [0.3, 0.4) is 0 Å². The van der Waals surface area contributed by atoms with Crippen LogP contribution >= 0.6 is 27.7 Å². The maximum absolute atomic E-state index is 13.7. The Bertz CT molecular complexity index is 1100. The molecule has 1 N–H and O–H groups in total. The molecule has 4 rings (SSSR count). The first-order chi connectivity index (χ1) is 17.6. The second-order valence-electron chi connectivity index (χ2n) is 9.32. The molecule has 0 saturated heterocycles. The van der Waals surface area contributed by atoms with Gasteiger partial charge in [-0.3, -0.25) is 9.59 Å². The van der Waals surface area contributed by atoms with Crippen LogP contribution in [0.2, 0.25) is 0 Å². The monoisotopic (exact) mass is 564 g/mol. The quantitative estimate of drug-likeness (QED) is 0.294. The third-order valence-electron chi connectivity index (χ3n) is 6.58. The highest BCUT2D eigenvalue weighted by Gasteiger charge is 2.32. The van der Waals surface area contributed by atoms with Crippen molar-refractivity contribution in [3.8, 4) is 0 Å². The molecule has 1 aliphatic carbocycles. The minimum Gasteiger partial charge on any atom is -0.352 e. The Hall–Kier alpha value is -2.57. The maximum atomic E-state index is 13.7. The molecule has 1 fully saturated rings. The van der Waals surface area contributed by atoms with Gasteiger partial charge >= 0.3 is 0 Å². The number of amides is 2. The molecule has 0 heterocycles. The zero-order chi connectivity index (χ0) is 25.2. The van der Waals surface area contributed by atoms with E-state index in [-0.39, 0.29) is 17.9 Å². The highest BCUT2D eigenvalue weighted by Crippen LogP contribution is 2.22. The number of hydrogen-bond donors (Lipinski definition) is 1. The van der Waals surface area contributed by atoms with Crippen LogP contribution in [0.15, 0.2) is 89.4 Å². The minimum atomic E-state index is -0.568. The van der Waals surface area contributed by atoms with Crippen molar-refractivity contribution in [3.05, 3.63) is 106 Å². The van der Waals surface area contributed by atoms with E-state index in [2.05, 4.69) is 33.4 Å². The summed E-state index contributed by atoms with van der Waals surface area (Å²) < 4.78 is 0.988. The molecule has 3 aromatic carbocycles. The van der Waals surface area contributed by atoms with E-state index in [4.69, 9.17) is 0 Å². The summed E-state index contributed by atoms with van der Waals surface area (Å²) in [5.74, 6) is 1.02. The van der Waals surface area contributed by atoms with Crippen molar-refractivity contribution in [3.63, 3.8) is 0 Å². The van der Waals surface area contributed by atoms with Crippen LogP contribution in [0.5, 0.6) is 0 Å².